The summed E-state index contributed by atoms with van der Waals surface area (Å²) in [6.07, 6.45) is 0.508. The molecule has 0 radical (unpaired) electrons. The van der Waals surface area contributed by atoms with E-state index in [4.69, 9.17) is 4.74 Å². The highest BCUT2D eigenvalue weighted by molar-refractivity contribution is 6.03. The molecule has 140 valence electrons. The summed E-state index contributed by atoms with van der Waals surface area (Å²) in [5.41, 5.74) is 1.62. The van der Waals surface area contributed by atoms with Crippen molar-refractivity contribution >= 4 is 29.2 Å². The van der Waals surface area contributed by atoms with Crippen molar-refractivity contribution in [3.63, 3.8) is 0 Å². The second kappa shape index (κ2) is 7.90. The van der Waals surface area contributed by atoms with E-state index in [0.717, 1.165) is 0 Å². The Labute approximate surface area is 156 Å². The SMILES string of the molecule is COC(=O)c1ccc(NC(=O)C2CC2C(=O)Nc2ccc(OC)cc2)cc1. The van der Waals surface area contributed by atoms with Gasteiger partial charge in [0.2, 0.25) is 11.8 Å². The quantitative estimate of drug-likeness (QED) is 0.765. The third-order valence-electron chi connectivity index (χ3n) is 4.40. The molecular formula is C20H20N2O5. The summed E-state index contributed by atoms with van der Waals surface area (Å²) in [7, 11) is 2.88. The molecular weight excluding hydrogens is 348 g/mol. The molecule has 2 aromatic rings. The minimum absolute atomic E-state index is 0.179. The average molecular weight is 368 g/mol. The fourth-order valence-corrected chi connectivity index (χ4v) is 2.73. The number of esters is 1. The van der Waals surface area contributed by atoms with Gasteiger partial charge in [-0.3, -0.25) is 9.59 Å². The Bertz CT molecular complexity index is 846. The smallest absolute Gasteiger partial charge is 0.337 e. The van der Waals surface area contributed by atoms with E-state index < -0.39 is 5.97 Å². The topological polar surface area (TPSA) is 93.7 Å². The van der Waals surface area contributed by atoms with Gasteiger partial charge >= 0.3 is 5.97 Å². The van der Waals surface area contributed by atoms with Gasteiger partial charge in [-0.25, -0.2) is 4.79 Å². The van der Waals surface area contributed by atoms with Crippen molar-refractivity contribution in [3.05, 3.63) is 54.1 Å². The number of methoxy groups -OCH3 is 2. The number of carbonyl (C=O) groups is 3. The van der Waals surface area contributed by atoms with Crippen molar-refractivity contribution < 1.29 is 23.9 Å². The molecule has 2 aromatic carbocycles. The Hall–Kier alpha value is -3.35. The van der Waals surface area contributed by atoms with Crippen LogP contribution in [-0.2, 0) is 14.3 Å². The van der Waals surface area contributed by atoms with E-state index in [1.165, 1.54) is 7.11 Å². The number of amides is 2. The minimum atomic E-state index is -0.440. The van der Waals surface area contributed by atoms with Crippen LogP contribution in [0.4, 0.5) is 11.4 Å². The van der Waals surface area contributed by atoms with Gasteiger partial charge in [-0.15, -0.1) is 0 Å². The summed E-state index contributed by atoms with van der Waals surface area (Å²) in [4.78, 5) is 36.0. The number of anilines is 2. The van der Waals surface area contributed by atoms with Gasteiger partial charge < -0.3 is 20.1 Å². The van der Waals surface area contributed by atoms with Crippen LogP contribution in [0.5, 0.6) is 5.75 Å². The van der Waals surface area contributed by atoms with E-state index in [9.17, 15) is 14.4 Å². The van der Waals surface area contributed by atoms with Gasteiger partial charge in [0.25, 0.3) is 0 Å². The number of rotatable bonds is 6. The van der Waals surface area contributed by atoms with Crippen molar-refractivity contribution in [2.75, 3.05) is 24.9 Å². The van der Waals surface area contributed by atoms with Crippen LogP contribution in [0, 0.1) is 11.8 Å². The highest BCUT2D eigenvalue weighted by atomic mass is 16.5. The lowest BCUT2D eigenvalue weighted by Crippen LogP contribution is -2.20. The lowest BCUT2D eigenvalue weighted by molar-refractivity contribution is -0.122. The third-order valence-corrected chi connectivity index (χ3v) is 4.40. The first kappa shape index (κ1) is 18.4. The number of hydrogen-bond acceptors (Lipinski definition) is 5. The third kappa shape index (κ3) is 4.44. The maximum absolute atomic E-state index is 12.3. The molecule has 0 aliphatic heterocycles. The number of nitrogens with one attached hydrogen (secondary N) is 2. The largest absolute Gasteiger partial charge is 0.497 e. The van der Waals surface area contributed by atoms with Gasteiger partial charge in [0.15, 0.2) is 0 Å². The van der Waals surface area contributed by atoms with Crippen molar-refractivity contribution in [1.29, 1.82) is 0 Å². The number of carbonyl (C=O) groups excluding carboxylic acids is 3. The Kier molecular flexibility index (Phi) is 5.40. The molecule has 0 bridgehead atoms. The molecule has 7 heteroatoms. The molecule has 2 N–H and O–H groups in total. The molecule has 2 atom stereocenters. The summed E-state index contributed by atoms with van der Waals surface area (Å²) in [5.74, 6) is -0.831. The number of hydrogen-bond donors (Lipinski definition) is 2. The van der Waals surface area contributed by atoms with Crippen molar-refractivity contribution in [3.8, 4) is 5.75 Å². The maximum atomic E-state index is 12.3. The Balaban J connectivity index is 1.52. The molecule has 1 aliphatic rings. The highest BCUT2D eigenvalue weighted by Crippen LogP contribution is 2.40. The van der Waals surface area contributed by atoms with E-state index in [2.05, 4.69) is 15.4 Å². The molecule has 0 saturated heterocycles. The molecule has 7 nitrogen and oxygen atoms in total. The van der Waals surface area contributed by atoms with E-state index in [0.29, 0.717) is 29.1 Å². The monoisotopic (exact) mass is 368 g/mol. The first-order valence-corrected chi connectivity index (χ1v) is 8.46. The summed E-state index contributed by atoms with van der Waals surface area (Å²) in [6.45, 7) is 0. The van der Waals surface area contributed by atoms with E-state index in [1.54, 1.807) is 55.6 Å². The van der Waals surface area contributed by atoms with Crippen LogP contribution >= 0.6 is 0 Å². The molecule has 1 fully saturated rings. The summed E-state index contributed by atoms with van der Waals surface area (Å²) < 4.78 is 9.70. The van der Waals surface area contributed by atoms with Crippen LogP contribution in [0.1, 0.15) is 16.8 Å². The first-order valence-electron chi connectivity index (χ1n) is 8.46. The summed E-state index contributed by atoms with van der Waals surface area (Å²) in [6, 6.07) is 13.4. The van der Waals surface area contributed by atoms with Crippen molar-refractivity contribution in [2.24, 2.45) is 11.8 Å². The summed E-state index contributed by atoms with van der Waals surface area (Å²) >= 11 is 0. The van der Waals surface area contributed by atoms with Gasteiger partial charge in [-0.05, 0) is 55.0 Å². The van der Waals surface area contributed by atoms with Crippen LogP contribution in [0.3, 0.4) is 0 Å². The Morgan fingerprint density at radius 1 is 0.815 bits per heavy atom. The lowest BCUT2D eigenvalue weighted by Gasteiger charge is -2.07. The standard InChI is InChI=1S/C20H20N2O5/c1-26-15-9-7-14(8-10-15)22-19(24)17-11-16(17)18(23)21-13-5-3-12(4-6-13)20(25)27-2/h3-10,16-17H,11H2,1-2H3,(H,21,23)(H,22,24). The lowest BCUT2D eigenvalue weighted by atomic mass is 10.2. The van der Waals surface area contributed by atoms with Gasteiger partial charge in [-0.1, -0.05) is 0 Å². The van der Waals surface area contributed by atoms with Crippen LogP contribution in [0.2, 0.25) is 0 Å². The van der Waals surface area contributed by atoms with E-state index >= 15 is 0 Å². The van der Waals surface area contributed by atoms with E-state index in [-0.39, 0.29) is 23.7 Å². The van der Waals surface area contributed by atoms with Gasteiger partial charge in [0, 0.05) is 11.4 Å². The molecule has 0 aromatic heterocycles. The Morgan fingerprint density at radius 2 is 1.30 bits per heavy atom. The predicted molar refractivity (Wildman–Crippen MR) is 99.6 cm³/mol. The Morgan fingerprint density at radius 3 is 1.74 bits per heavy atom. The second-order valence-corrected chi connectivity index (χ2v) is 6.22. The van der Waals surface area contributed by atoms with Crippen molar-refractivity contribution in [1.82, 2.24) is 0 Å². The first-order chi connectivity index (χ1) is 13.0. The summed E-state index contributed by atoms with van der Waals surface area (Å²) in [5, 5.41) is 5.57. The van der Waals surface area contributed by atoms with Crippen LogP contribution in [-0.4, -0.2) is 32.0 Å². The molecule has 3 rings (SSSR count). The highest BCUT2D eigenvalue weighted by Gasteiger charge is 2.48. The molecule has 1 saturated carbocycles. The molecule has 27 heavy (non-hydrogen) atoms. The number of ether oxygens (including phenoxy) is 2. The second-order valence-electron chi connectivity index (χ2n) is 6.22. The van der Waals surface area contributed by atoms with Gasteiger partial charge in [0.05, 0.1) is 31.6 Å². The normalized spacial score (nSPS) is 17.6. The van der Waals surface area contributed by atoms with Gasteiger partial charge in [-0.2, -0.15) is 0 Å². The zero-order valence-electron chi connectivity index (χ0n) is 15.0. The van der Waals surface area contributed by atoms with E-state index in [1.807, 2.05) is 0 Å². The molecule has 0 heterocycles. The van der Waals surface area contributed by atoms with Crippen molar-refractivity contribution in [2.45, 2.75) is 6.42 Å². The fourth-order valence-electron chi connectivity index (χ4n) is 2.73. The molecule has 1 aliphatic carbocycles. The van der Waals surface area contributed by atoms with Gasteiger partial charge in [0.1, 0.15) is 5.75 Å². The molecule has 0 spiro atoms. The molecule has 2 unspecified atom stereocenters. The predicted octanol–water partition coefficient (Wildman–Crippen LogP) is 2.70. The zero-order valence-corrected chi connectivity index (χ0v) is 15.0. The average Bonchev–Trinajstić information content (AvgIpc) is 3.50. The zero-order chi connectivity index (χ0) is 19.4. The number of benzene rings is 2. The van der Waals surface area contributed by atoms with Crippen LogP contribution in [0.15, 0.2) is 48.5 Å². The minimum Gasteiger partial charge on any atom is -0.497 e. The van der Waals surface area contributed by atoms with Crippen LogP contribution in [0.25, 0.3) is 0 Å². The maximum Gasteiger partial charge on any atom is 0.337 e. The fraction of sp³-hybridized carbons (Fsp3) is 0.250. The molecule has 2 amide bonds. The van der Waals surface area contributed by atoms with Crippen LogP contribution < -0.4 is 15.4 Å².